The van der Waals surface area contributed by atoms with Crippen LogP contribution in [-0.2, 0) is 4.79 Å². The normalized spacial score (nSPS) is 11.3. The molecule has 0 bridgehead atoms. The second-order valence-corrected chi connectivity index (χ2v) is 7.51. The van der Waals surface area contributed by atoms with E-state index in [1.54, 1.807) is 28.8 Å². The molecule has 0 aliphatic carbocycles. The van der Waals surface area contributed by atoms with E-state index in [1.807, 2.05) is 50.2 Å². The van der Waals surface area contributed by atoms with Crippen molar-refractivity contribution in [1.82, 2.24) is 19.6 Å². The first-order valence-corrected chi connectivity index (χ1v) is 10.3. The summed E-state index contributed by atoms with van der Waals surface area (Å²) in [5, 5.41) is 16.1. The number of amides is 1. The van der Waals surface area contributed by atoms with Crippen LogP contribution in [0, 0.1) is 13.8 Å². The van der Waals surface area contributed by atoms with Crippen molar-refractivity contribution >= 4 is 40.5 Å². The Labute approximate surface area is 177 Å². The zero-order valence-electron chi connectivity index (χ0n) is 16.5. The number of benzene rings is 2. The lowest BCUT2D eigenvalue weighted by Gasteiger charge is -2.04. The Morgan fingerprint density at radius 1 is 1.00 bits per heavy atom. The highest BCUT2D eigenvalue weighted by atomic mass is 32.2. The van der Waals surface area contributed by atoms with Crippen LogP contribution in [-0.4, -0.2) is 31.2 Å². The van der Waals surface area contributed by atoms with Crippen molar-refractivity contribution in [2.75, 3.05) is 11.1 Å². The van der Waals surface area contributed by atoms with Gasteiger partial charge in [-0.1, -0.05) is 30.0 Å². The quantitative estimate of drug-likeness (QED) is 0.356. The Bertz CT molecular complexity index is 1200. The Balaban J connectivity index is 1.33. The highest BCUT2D eigenvalue weighted by Gasteiger charge is 2.11. The van der Waals surface area contributed by atoms with Crippen LogP contribution in [0.2, 0.25) is 0 Å². The van der Waals surface area contributed by atoms with Crippen molar-refractivity contribution in [3.63, 3.8) is 0 Å². The number of carbonyl (C=O) groups excluding carboxylic acids is 1. The smallest absolute Gasteiger partial charge is 0.253 e. The summed E-state index contributed by atoms with van der Waals surface area (Å²) in [6.07, 6.45) is 0. The maximum Gasteiger partial charge on any atom is 0.253 e. The molecule has 0 saturated heterocycles. The summed E-state index contributed by atoms with van der Waals surface area (Å²) in [6, 6.07) is 18.6. The van der Waals surface area contributed by atoms with Gasteiger partial charge in [0.1, 0.15) is 0 Å². The van der Waals surface area contributed by atoms with E-state index >= 15 is 0 Å². The van der Waals surface area contributed by atoms with Gasteiger partial charge in [-0.3, -0.25) is 4.79 Å². The number of rotatable bonds is 6. The SMILES string of the molecule is Cc1cc(C)n2nc(SCC(=O)Nc3ccc(N=Nc4ccccc4)cc3)nc2n1. The molecule has 4 aromatic rings. The summed E-state index contributed by atoms with van der Waals surface area (Å²) >= 11 is 1.27. The van der Waals surface area contributed by atoms with Crippen LogP contribution in [0.3, 0.4) is 0 Å². The second kappa shape index (κ2) is 8.83. The van der Waals surface area contributed by atoms with E-state index in [1.165, 1.54) is 11.8 Å². The van der Waals surface area contributed by atoms with E-state index in [4.69, 9.17) is 0 Å². The minimum Gasteiger partial charge on any atom is -0.325 e. The summed E-state index contributed by atoms with van der Waals surface area (Å²) in [5.74, 6) is 0.596. The van der Waals surface area contributed by atoms with Crippen molar-refractivity contribution in [2.45, 2.75) is 19.0 Å². The van der Waals surface area contributed by atoms with Crippen molar-refractivity contribution < 1.29 is 4.79 Å². The Morgan fingerprint density at radius 2 is 1.70 bits per heavy atom. The fourth-order valence-corrected chi connectivity index (χ4v) is 3.38. The molecule has 2 aromatic heterocycles. The van der Waals surface area contributed by atoms with E-state index in [2.05, 4.69) is 30.6 Å². The van der Waals surface area contributed by atoms with Gasteiger partial charge in [-0.15, -0.1) is 5.10 Å². The Kier molecular flexibility index (Phi) is 5.80. The lowest BCUT2D eigenvalue weighted by atomic mass is 10.3. The molecule has 9 heteroatoms. The van der Waals surface area contributed by atoms with Gasteiger partial charge in [0.15, 0.2) is 0 Å². The molecule has 2 heterocycles. The molecule has 4 rings (SSSR count). The van der Waals surface area contributed by atoms with Gasteiger partial charge in [0.05, 0.1) is 17.1 Å². The number of anilines is 1. The number of carbonyl (C=O) groups is 1. The molecule has 0 radical (unpaired) electrons. The number of hydrogen-bond donors (Lipinski definition) is 1. The van der Waals surface area contributed by atoms with E-state index in [0.29, 0.717) is 22.3 Å². The zero-order chi connectivity index (χ0) is 20.9. The van der Waals surface area contributed by atoms with Crippen molar-refractivity contribution in [3.05, 3.63) is 72.1 Å². The van der Waals surface area contributed by atoms with Gasteiger partial charge in [-0.2, -0.15) is 15.2 Å². The second-order valence-electron chi connectivity index (χ2n) is 6.56. The molecular formula is C21H19N7OS. The molecule has 2 aromatic carbocycles. The molecule has 0 atom stereocenters. The fourth-order valence-electron chi connectivity index (χ4n) is 2.76. The third kappa shape index (κ3) is 4.87. The fraction of sp³-hybridized carbons (Fsp3) is 0.143. The van der Waals surface area contributed by atoms with Gasteiger partial charge in [-0.05, 0) is 56.3 Å². The molecule has 0 saturated carbocycles. The van der Waals surface area contributed by atoms with Gasteiger partial charge >= 0.3 is 0 Å². The topological polar surface area (TPSA) is 96.9 Å². The highest BCUT2D eigenvalue weighted by Crippen LogP contribution is 2.21. The molecule has 1 N–H and O–H groups in total. The maximum atomic E-state index is 12.3. The lowest BCUT2D eigenvalue weighted by molar-refractivity contribution is -0.113. The minimum atomic E-state index is -0.140. The standard InChI is InChI=1S/C21H19N7OS/c1-14-12-15(2)28-20(22-14)24-21(27-28)30-13-19(29)23-16-8-10-18(11-9-16)26-25-17-6-4-3-5-7-17/h3-12H,13H2,1-2H3,(H,23,29). The van der Waals surface area contributed by atoms with Crippen LogP contribution in [0.25, 0.3) is 5.78 Å². The number of fused-ring (bicyclic) bond motifs is 1. The molecule has 30 heavy (non-hydrogen) atoms. The first kappa shape index (κ1) is 19.7. The largest absolute Gasteiger partial charge is 0.325 e. The van der Waals surface area contributed by atoms with Crippen LogP contribution in [0.4, 0.5) is 17.1 Å². The maximum absolute atomic E-state index is 12.3. The molecule has 0 aliphatic rings. The molecule has 0 unspecified atom stereocenters. The number of azo groups is 1. The zero-order valence-corrected chi connectivity index (χ0v) is 17.3. The lowest BCUT2D eigenvalue weighted by Crippen LogP contribution is -2.13. The van der Waals surface area contributed by atoms with Crippen LogP contribution >= 0.6 is 11.8 Å². The van der Waals surface area contributed by atoms with E-state index in [9.17, 15) is 4.79 Å². The predicted octanol–water partition coefficient (Wildman–Crippen LogP) is 4.89. The minimum absolute atomic E-state index is 0.140. The summed E-state index contributed by atoms with van der Waals surface area (Å²) < 4.78 is 1.68. The van der Waals surface area contributed by atoms with Crippen LogP contribution < -0.4 is 5.32 Å². The summed E-state index contributed by atoms with van der Waals surface area (Å²) in [4.78, 5) is 21.0. The molecule has 0 fully saturated rings. The number of aromatic nitrogens is 4. The summed E-state index contributed by atoms with van der Waals surface area (Å²) in [5.41, 5.74) is 4.01. The Hall–Kier alpha value is -3.59. The summed E-state index contributed by atoms with van der Waals surface area (Å²) in [6.45, 7) is 3.86. The number of aryl methyl sites for hydroxylation is 2. The molecule has 0 aliphatic heterocycles. The average molecular weight is 417 g/mol. The van der Waals surface area contributed by atoms with E-state index in [0.717, 1.165) is 17.1 Å². The number of hydrogen-bond acceptors (Lipinski definition) is 7. The molecule has 8 nitrogen and oxygen atoms in total. The third-order valence-corrected chi connectivity index (χ3v) is 4.96. The van der Waals surface area contributed by atoms with E-state index < -0.39 is 0 Å². The average Bonchev–Trinajstić information content (AvgIpc) is 3.16. The predicted molar refractivity (Wildman–Crippen MR) is 117 cm³/mol. The van der Waals surface area contributed by atoms with Crippen LogP contribution in [0.5, 0.6) is 0 Å². The highest BCUT2D eigenvalue weighted by molar-refractivity contribution is 7.99. The first-order chi connectivity index (χ1) is 14.6. The molecule has 1 amide bonds. The van der Waals surface area contributed by atoms with Crippen molar-refractivity contribution in [1.29, 1.82) is 0 Å². The molecule has 150 valence electrons. The molecule has 0 spiro atoms. The van der Waals surface area contributed by atoms with Crippen LogP contribution in [0.1, 0.15) is 11.4 Å². The van der Waals surface area contributed by atoms with Gasteiger partial charge in [-0.25, -0.2) is 9.50 Å². The van der Waals surface area contributed by atoms with Gasteiger partial charge in [0, 0.05) is 17.1 Å². The third-order valence-electron chi connectivity index (χ3n) is 4.12. The van der Waals surface area contributed by atoms with E-state index in [-0.39, 0.29) is 11.7 Å². The Morgan fingerprint density at radius 3 is 2.43 bits per heavy atom. The number of thioether (sulfide) groups is 1. The monoisotopic (exact) mass is 417 g/mol. The first-order valence-electron chi connectivity index (χ1n) is 9.27. The van der Waals surface area contributed by atoms with Gasteiger partial charge in [0.25, 0.3) is 5.78 Å². The molecular weight excluding hydrogens is 398 g/mol. The van der Waals surface area contributed by atoms with Crippen LogP contribution in [0.15, 0.2) is 76.0 Å². The summed E-state index contributed by atoms with van der Waals surface area (Å²) in [7, 11) is 0. The number of nitrogens with zero attached hydrogens (tertiary/aromatic N) is 6. The van der Waals surface area contributed by atoms with Gasteiger partial charge in [0.2, 0.25) is 11.1 Å². The van der Waals surface area contributed by atoms with Crippen molar-refractivity contribution in [2.24, 2.45) is 10.2 Å². The number of nitrogens with one attached hydrogen (secondary N) is 1. The van der Waals surface area contributed by atoms with Crippen molar-refractivity contribution in [3.8, 4) is 0 Å². The van der Waals surface area contributed by atoms with Gasteiger partial charge < -0.3 is 5.32 Å².